The fourth-order valence-corrected chi connectivity index (χ4v) is 4.14. The minimum absolute atomic E-state index is 0.0634. The van der Waals surface area contributed by atoms with E-state index in [2.05, 4.69) is 20.4 Å². The van der Waals surface area contributed by atoms with E-state index in [1.165, 1.54) is 0 Å². The van der Waals surface area contributed by atoms with Crippen LogP contribution in [-0.2, 0) is 14.4 Å². The van der Waals surface area contributed by atoms with E-state index in [9.17, 15) is 4.79 Å². The Hall–Kier alpha value is -3.00. The van der Waals surface area contributed by atoms with Gasteiger partial charge in [0, 0.05) is 6.54 Å². The second-order valence-corrected chi connectivity index (χ2v) is 7.23. The van der Waals surface area contributed by atoms with E-state index in [0.29, 0.717) is 37.7 Å². The summed E-state index contributed by atoms with van der Waals surface area (Å²) in [5.74, 6) is 1.11. The molecule has 28 heavy (non-hydrogen) atoms. The van der Waals surface area contributed by atoms with Crippen molar-refractivity contribution in [2.75, 3.05) is 30.0 Å². The highest BCUT2D eigenvalue weighted by molar-refractivity contribution is 6.06. The van der Waals surface area contributed by atoms with Gasteiger partial charge in [0.1, 0.15) is 23.0 Å². The number of morpholine rings is 1. The van der Waals surface area contributed by atoms with Crippen molar-refractivity contribution in [3.8, 4) is 0 Å². The Labute approximate surface area is 162 Å². The number of ether oxygens (including phenoxy) is 1. The van der Waals surface area contributed by atoms with Gasteiger partial charge in [0.05, 0.1) is 25.6 Å². The molecule has 0 radical (unpaired) electrons. The molecule has 1 fully saturated rings. The molecule has 0 spiro atoms. The summed E-state index contributed by atoms with van der Waals surface area (Å²) in [6, 6.07) is 9.93. The second kappa shape index (κ2) is 6.56. The van der Waals surface area contributed by atoms with E-state index < -0.39 is 5.54 Å². The van der Waals surface area contributed by atoms with E-state index in [1.54, 1.807) is 12.4 Å². The number of fused-ring (bicyclic) bond motifs is 3. The average Bonchev–Trinajstić information content (AvgIpc) is 3.24. The van der Waals surface area contributed by atoms with Crippen LogP contribution in [0.1, 0.15) is 36.8 Å². The minimum atomic E-state index is -0.726. The Balaban J connectivity index is 1.54. The summed E-state index contributed by atoms with van der Waals surface area (Å²) < 4.78 is 5.64. The zero-order chi connectivity index (χ0) is 19.1. The van der Waals surface area contributed by atoms with E-state index in [1.807, 2.05) is 37.3 Å². The molecule has 1 N–H and O–H groups in total. The maximum absolute atomic E-state index is 12.8. The number of hydrogen-bond donors (Lipinski definition) is 1. The lowest BCUT2D eigenvalue weighted by Gasteiger charge is -2.48. The van der Waals surface area contributed by atoms with Crippen molar-refractivity contribution in [1.29, 1.82) is 0 Å². The number of nitrogens with one attached hydrogen (secondary N) is 1. The fourth-order valence-electron chi connectivity index (χ4n) is 4.14. The van der Waals surface area contributed by atoms with Gasteiger partial charge in [0.15, 0.2) is 11.9 Å². The first-order chi connectivity index (χ1) is 13.7. The molecule has 0 bridgehead atoms. The highest BCUT2D eigenvalue weighted by Gasteiger charge is 2.50. The Bertz CT molecular complexity index is 935. The van der Waals surface area contributed by atoms with Gasteiger partial charge >= 0.3 is 0 Å². The monoisotopic (exact) mass is 379 g/mol. The molecular weight excluding hydrogens is 358 g/mol. The molecule has 144 valence electrons. The summed E-state index contributed by atoms with van der Waals surface area (Å²) >= 11 is 0. The quantitative estimate of drug-likeness (QED) is 0.880. The summed E-state index contributed by atoms with van der Waals surface area (Å²) in [5.41, 5.74) is 0.927. The molecule has 1 aromatic heterocycles. The van der Waals surface area contributed by atoms with Gasteiger partial charge in [0.2, 0.25) is 0 Å². The Kier molecular flexibility index (Phi) is 4.01. The van der Waals surface area contributed by atoms with Gasteiger partial charge in [-0.15, -0.1) is 0 Å². The summed E-state index contributed by atoms with van der Waals surface area (Å²) in [5, 5.41) is 6.99. The first kappa shape index (κ1) is 17.1. The summed E-state index contributed by atoms with van der Waals surface area (Å²) in [4.78, 5) is 29.8. The lowest BCUT2D eigenvalue weighted by molar-refractivity contribution is -0.125. The number of rotatable bonds is 3. The number of benzene rings is 1. The third-order valence-electron chi connectivity index (χ3n) is 5.76. The first-order valence-electron chi connectivity index (χ1n) is 9.51. The van der Waals surface area contributed by atoms with Crippen molar-refractivity contribution in [1.82, 2.24) is 9.97 Å². The average molecular weight is 379 g/mol. The Morgan fingerprint density at radius 2 is 2.18 bits per heavy atom. The maximum atomic E-state index is 12.8. The Morgan fingerprint density at radius 3 is 3.00 bits per heavy atom. The molecule has 4 heterocycles. The van der Waals surface area contributed by atoms with Crippen LogP contribution in [0.25, 0.3) is 0 Å². The van der Waals surface area contributed by atoms with Crippen molar-refractivity contribution in [2.45, 2.75) is 30.9 Å². The van der Waals surface area contributed by atoms with Gasteiger partial charge in [-0.05, 0) is 12.0 Å². The molecule has 8 nitrogen and oxygen atoms in total. The summed E-state index contributed by atoms with van der Waals surface area (Å²) in [6.07, 6.45) is 3.79. The highest BCUT2D eigenvalue weighted by Crippen LogP contribution is 2.41. The smallest absolute Gasteiger partial charge is 0.252 e. The van der Waals surface area contributed by atoms with Gasteiger partial charge in [-0.2, -0.15) is 0 Å². The fraction of sp³-hybridized carbons (Fsp3) is 0.400. The predicted molar refractivity (Wildman–Crippen MR) is 103 cm³/mol. The molecule has 1 amide bonds. The predicted octanol–water partition coefficient (Wildman–Crippen LogP) is 2.25. The number of hydrogen-bond acceptors (Lipinski definition) is 7. The number of anilines is 2. The Morgan fingerprint density at radius 1 is 1.32 bits per heavy atom. The number of aromatic nitrogens is 2. The molecule has 0 saturated carbocycles. The number of carbonyl (C=O) groups excluding carboxylic acids is 1. The van der Waals surface area contributed by atoms with Crippen molar-refractivity contribution < 1.29 is 14.4 Å². The maximum Gasteiger partial charge on any atom is 0.252 e. The molecule has 1 saturated heterocycles. The highest BCUT2D eigenvalue weighted by atomic mass is 16.6. The zero-order valence-electron chi connectivity index (χ0n) is 15.5. The number of carbonyl (C=O) groups is 1. The van der Waals surface area contributed by atoms with Crippen LogP contribution in [0.15, 0.2) is 41.7 Å². The van der Waals surface area contributed by atoms with Crippen LogP contribution in [0.5, 0.6) is 0 Å². The lowest BCUT2D eigenvalue weighted by atomic mass is 9.90. The van der Waals surface area contributed by atoms with E-state index in [0.717, 1.165) is 11.4 Å². The first-order valence-corrected chi connectivity index (χ1v) is 9.51. The van der Waals surface area contributed by atoms with Crippen molar-refractivity contribution in [3.63, 3.8) is 0 Å². The van der Waals surface area contributed by atoms with Crippen LogP contribution in [0, 0.1) is 0 Å². The standard InChI is InChI=1S/C20H21N5O3/c1-2-20-12-27-9-8-25(20)18-15(23-19(20)26)11-21-17(24-18)14-10-22-28-16(14)13-6-4-3-5-7-13/h3-7,10-11,14,16H,2,8-9,12H2,1H3,(H,23,26)/t14?,16?,20-/m0/s1. The second-order valence-electron chi connectivity index (χ2n) is 7.23. The van der Waals surface area contributed by atoms with Crippen LogP contribution in [0.2, 0.25) is 0 Å². The van der Waals surface area contributed by atoms with Gasteiger partial charge in [-0.3, -0.25) is 4.79 Å². The molecule has 3 aliphatic rings. The van der Waals surface area contributed by atoms with Crippen LogP contribution < -0.4 is 10.2 Å². The molecule has 3 atom stereocenters. The van der Waals surface area contributed by atoms with E-state index in [-0.39, 0.29) is 17.9 Å². The SMILES string of the molecule is CC[C@@]12COCCN1c1nc(C3C=NOC3c3ccccc3)ncc1NC2=O. The number of amides is 1. The molecule has 1 aromatic carbocycles. The molecule has 5 rings (SSSR count). The molecule has 2 aromatic rings. The van der Waals surface area contributed by atoms with Crippen LogP contribution in [0.4, 0.5) is 11.5 Å². The molecular formula is C20H21N5O3. The van der Waals surface area contributed by atoms with Gasteiger partial charge in [-0.25, -0.2) is 9.97 Å². The van der Waals surface area contributed by atoms with Crippen molar-refractivity contribution >= 4 is 23.6 Å². The van der Waals surface area contributed by atoms with E-state index in [4.69, 9.17) is 14.6 Å². The summed E-state index contributed by atoms with van der Waals surface area (Å²) in [7, 11) is 0. The minimum Gasteiger partial charge on any atom is -0.387 e. The normalized spacial score (nSPS) is 28.3. The summed E-state index contributed by atoms with van der Waals surface area (Å²) in [6.45, 7) is 3.53. The zero-order valence-corrected chi connectivity index (χ0v) is 15.5. The largest absolute Gasteiger partial charge is 0.387 e. The van der Waals surface area contributed by atoms with Gasteiger partial charge in [-0.1, -0.05) is 42.4 Å². The molecule has 3 aliphatic heterocycles. The van der Waals surface area contributed by atoms with Crippen LogP contribution >= 0.6 is 0 Å². The van der Waals surface area contributed by atoms with Crippen molar-refractivity contribution in [3.05, 3.63) is 47.9 Å². The van der Waals surface area contributed by atoms with Crippen LogP contribution in [-0.4, -0.2) is 47.4 Å². The topological polar surface area (TPSA) is 88.9 Å². The molecule has 2 unspecified atom stereocenters. The van der Waals surface area contributed by atoms with Crippen LogP contribution in [0.3, 0.4) is 0 Å². The lowest BCUT2D eigenvalue weighted by Crippen LogP contribution is -2.66. The third-order valence-corrected chi connectivity index (χ3v) is 5.76. The molecule has 0 aliphatic carbocycles. The van der Waals surface area contributed by atoms with Gasteiger partial charge < -0.3 is 19.8 Å². The van der Waals surface area contributed by atoms with E-state index >= 15 is 0 Å². The number of oxime groups is 1. The van der Waals surface area contributed by atoms with Gasteiger partial charge in [0.25, 0.3) is 5.91 Å². The van der Waals surface area contributed by atoms with Crippen molar-refractivity contribution in [2.24, 2.45) is 5.16 Å². The molecule has 8 heteroatoms. The number of nitrogens with zero attached hydrogens (tertiary/aromatic N) is 4. The third kappa shape index (κ3) is 2.48.